The van der Waals surface area contributed by atoms with E-state index in [4.69, 9.17) is 56.9 Å². The summed E-state index contributed by atoms with van der Waals surface area (Å²) < 4.78 is 60.1. The van der Waals surface area contributed by atoms with Crippen LogP contribution in [0.1, 0.15) is 36.3 Å². The third-order valence-corrected chi connectivity index (χ3v) is 8.86. The highest BCUT2D eigenvalue weighted by molar-refractivity contribution is 6.01. The molecule has 0 atom stereocenters. The molecule has 1 heterocycles. The predicted molar refractivity (Wildman–Crippen MR) is 213 cm³/mol. The van der Waals surface area contributed by atoms with E-state index in [0.29, 0.717) is 131 Å². The molecule has 2 aromatic carbocycles. The van der Waals surface area contributed by atoms with Crippen LogP contribution < -0.4 is 5.32 Å². The Morgan fingerprint density at radius 1 is 0.500 bits per heavy atom. The Bertz CT molecular complexity index is 1470. The van der Waals surface area contributed by atoms with Gasteiger partial charge in [0.1, 0.15) is 6.61 Å². The van der Waals surface area contributed by atoms with E-state index < -0.39 is 23.9 Å². The summed E-state index contributed by atoms with van der Waals surface area (Å²) in [4.78, 5) is 51.5. The van der Waals surface area contributed by atoms with Crippen LogP contribution in [-0.2, 0) is 71.3 Å². The molecule has 1 aliphatic carbocycles. The van der Waals surface area contributed by atoms with E-state index >= 15 is 0 Å². The number of imide groups is 1. The van der Waals surface area contributed by atoms with Crippen molar-refractivity contribution in [2.75, 3.05) is 145 Å². The maximum Gasteiger partial charge on any atom is 0.407 e. The zero-order valence-electron chi connectivity index (χ0n) is 34.4. The first kappa shape index (κ1) is 48.6. The quantitative estimate of drug-likeness (QED) is 0.0776. The molecule has 3 amide bonds. The van der Waals surface area contributed by atoms with Crippen LogP contribution in [-0.4, -0.2) is 174 Å². The molecular weight excluding hydrogens is 788 g/mol. The number of carbonyl (C=O) groups is 4. The topological polar surface area (TPSA) is 194 Å². The first-order chi connectivity index (χ1) is 29.5. The summed E-state index contributed by atoms with van der Waals surface area (Å²) >= 11 is 0. The second kappa shape index (κ2) is 30.9. The van der Waals surface area contributed by atoms with Crippen molar-refractivity contribution in [2.45, 2.75) is 25.2 Å². The van der Waals surface area contributed by atoms with Crippen LogP contribution in [0.3, 0.4) is 0 Å². The normalized spacial score (nSPS) is 13.5. The number of fused-ring (bicyclic) bond motifs is 3. The van der Waals surface area contributed by atoms with Crippen LogP contribution in [0.4, 0.5) is 4.79 Å². The molecule has 0 spiro atoms. The number of hydroxylamine groups is 2. The van der Waals surface area contributed by atoms with E-state index in [2.05, 4.69) is 29.6 Å². The number of alkyl carbamates (subject to hydrolysis) is 1. The molecule has 18 nitrogen and oxygen atoms in total. The third kappa shape index (κ3) is 19.5. The number of nitrogens with zero attached hydrogens (tertiary/aromatic N) is 1. The molecule has 0 aromatic heterocycles. The highest BCUT2D eigenvalue weighted by Crippen LogP contribution is 2.44. The van der Waals surface area contributed by atoms with Gasteiger partial charge >= 0.3 is 12.1 Å². The van der Waals surface area contributed by atoms with Crippen LogP contribution in [0.5, 0.6) is 0 Å². The molecule has 2 aromatic rings. The van der Waals surface area contributed by atoms with E-state index in [-0.39, 0.29) is 45.0 Å². The fourth-order valence-corrected chi connectivity index (χ4v) is 5.92. The van der Waals surface area contributed by atoms with Crippen molar-refractivity contribution in [3.8, 4) is 11.1 Å². The van der Waals surface area contributed by atoms with E-state index in [9.17, 15) is 19.2 Å². The van der Waals surface area contributed by atoms with Crippen molar-refractivity contribution < 1.29 is 76.1 Å². The average molecular weight is 849 g/mol. The molecular formula is C42H60N2O16. The maximum atomic E-state index is 12.3. The summed E-state index contributed by atoms with van der Waals surface area (Å²) in [5, 5.41) is 3.25. The monoisotopic (exact) mass is 848 g/mol. The number of rotatable bonds is 36. The van der Waals surface area contributed by atoms with Gasteiger partial charge in [-0.15, -0.1) is 5.06 Å². The zero-order chi connectivity index (χ0) is 42.3. The number of amides is 3. The summed E-state index contributed by atoms with van der Waals surface area (Å²) in [6.07, 6.45) is -0.433. The first-order valence-corrected chi connectivity index (χ1v) is 20.5. The fourth-order valence-electron chi connectivity index (χ4n) is 5.92. The van der Waals surface area contributed by atoms with Gasteiger partial charge in [-0.2, -0.15) is 0 Å². The number of hydrogen-bond donors (Lipinski definition) is 1. The van der Waals surface area contributed by atoms with Gasteiger partial charge < -0.3 is 62.3 Å². The third-order valence-electron chi connectivity index (χ3n) is 8.86. The molecule has 1 fully saturated rings. The lowest BCUT2D eigenvalue weighted by Gasteiger charge is -2.14. The largest absolute Gasteiger partial charge is 0.449 e. The minimum Gasteiger partial charge on any atom is -0.449 e. The number of hydrogen-bond acceptors (Lipinski definition) is 16. The number of carbonyl (C=O) groups excluding carboxylic acids is 4. The van der Waals surface area contributed by atoms with Gasteiger partial charge in [0.05, 0.1) is 139 Å². The van der Waals surface area contributed by atoms with Gasteiger partial charge in [-0.05, 0) is 22.3 Å². The molecule has 0 radical (unpaired) electrons. The van der Waals surface area contributed by atoms with Gasteiger partial charge in [-0.1, -0.05) is 48.5 Å². The highest BCUT2D eigenvalue weighted by atomic mass is 16.7. The Hall–Kier alpha value is -4.08. The molecule has 2 aliphatic rings. The van der Waals surface area contributed by atoms with Crippen molar-refractivity contribution in [3.63, 3.8) is 0 Å². The van der Waals surface area contributed by atoms with Gasteiger partial charge in [0.2, 0.25) is 0 Å². The van der Waals surface area contributed by atoms with Crippen molar-refractivity contribution in [2.24, 2.45) is 0 Å². The van der Waals surface area contributed by atoms with Gasteiger partial charge in [0.25, 0.3) is 11.8 Å². The first-order valence-electron chi connectivity index (χ1n) is 20.5. The van der Waals surface area contributed by atoms with Crippen molar-refractivity contribution in [1.82, 2.24) is 10.4 Å². The number of nitrogens with one attached hydrogen (secondary N) is 1. The molecule has 334 valence electrons. The smallest absolute Gasteiger partial charge is 0.407 e. The Kier molecular flexibility index (Phi) is 25.0. The second-order valence-corrected chi connectivity index (χ2v) is 13.2. The summed E-state index contributed by atoms with van der Waals surface area (Å²) in [7, 11) is 0. The number of ether oxygens (including phenoxy) is 11. The molecule has 4 rings (SSSR count). The molecule has 60 heavy (non-hydrogen) atoms. The standard InChI is InChI=1S/C42H60N2O16/c45-39-9-10-40(46)44(39)60-41(47)11-13-49-15-17-51-19-21-53-23-25-55-27-29-57-31-32-58-30-28-56-26-24-54-22-20-52-18-16-50-14-12-43-42(48)59-33-38-36-7-3-1-5-34(36)35-6-2-4-8-37(35)38/h1-8,38H,9-33H2,(H,43,48). The molecule has 1 N–H and O–H groups in total. The molecule has 0 bridgehead atoms. The van der Waals surface area contributed by atoms with Crippen LogP contribution in [0.2, 0.25) is 0 Å². The van der Waals surface area contributed by atoms with Gasteiger partial charge in [-0.3, -0.25) is 9.59 Å². The summed E-state index contributed by atoms with van der Waals surface area (Å²) in [6, 6.07) is 16.5. The van der Waals surface area contributed by atoms with Crippen LogP contribution >= 0.6 is 0 Å². The van der Waals surface area contributed by atoms with E-state index in [1.54, 1.807) is 0 Å². The Morgan fingerprint density at radius 2 is 0.850 bits per heavy atom. The van der Waals surface area contributed by atoms with Crippen molar-refractivity contribution in [3.05, 3.63) is 59.7 Å². The van der Waals surface area contributed by atoms with Crippen molar-refractivity contribution >= 4 is 23.9 Å². The molecule has 1 saturated heterocycles. The lowest BCUT2D eigenvalue weighted by atomic mass is 9.98. The van der Waals surface area contributed by atoms with Crippen LogP contribution in [0, 0.1) is 0 Å². The Labute approximate surface area is 351 Å². The Morgan fingerprint density at radius 3 is 1.25 bits per heavy atom. The van der Waals surface area contributed by atoms with Gasteiger partial charge in [-0.25, -0.2) is 9.59 Å². The van der Waals surface area contributed by atoms with Gasteiger partial charge in [0, 0.05) is 25.3 Å². The maximum absolute atomic E-state index is 12.3. The summed E-state index contributed by atoms with van der Waals surface area (Å²) in [5.41, 5.74) is 4.74. The van der Waals surface area contributed by atoms with E-state index in [0.717, 1.165) is 0 Å². The predicted octanol–water partition coefficient (Wildman–Crippen LogP) is 2.69. The SMILES string of the molecule is O=C(CCOCCOCCOCCOCCOCCOCCOCCOCCOCCOCCNC(=O)OCC1c2ccccc2-c2ccccc21)ON1C(=O)CCC1=O. The minimum atomic E-state index is -0.703. The summed E-state index contributed by atoms with van der Waals surface area (Å²) in [5.74, 6) is -1.70. The highest BCUT2D eigenvalue weighted by Gasteiger charge is 2.33. The zero-order valence-corrected chi connectivity index (χ0v) is 34.4. The lowest BCUT2D eigenvalue weighted by molar-refractivity contribution is -0.198. The van der Waals surface area contributed by atoms with Crippen molar-refractivity contribution in [1.29, 1.82) is 0 Å². The van der Waals surface area contributed by atoms with Crippen LogP contribution in [0.15, 0.2) is 48.5 Å². The van der Waals surface area contributed by atoms with E-state index in [1.807, 2.05) is 24.3 Å². The van der Waals surface area contributed by atoms with Gasteiger partial charge in [0.15, 0.2) is 0 Å². The minimum absolute atomic E-state index is 0.0267. The van der Waals surface area contributed by atoms with E-state index in [1.165, 1.54) is 22.3 Å². The average Bonchev–Trinajstić information content (AvgIpc) is 3.75. The molecule has 1 aliphatic heterocycles. The molecule has 0 unspecified atom stereocenters. The fraction of sp³-hybridized carbons (Fsp3) is 0.619. The number of benzene rings is 2. The molecule has 18 heteroatoms. The lowest BCUT2D eigenvalue weighted by Crippen LogP contribution is -2.32. The Balaban J connectivity index is 0.776. The second-order valence-electron chi connectivity index (χ2n) is 13.2. The summed E-state index contributed by atoms with van der Waals surface area (Å²) in [6.45, 7) is 8.71. The molecule has 0 saturated carbocycles. The van der Waals surface area contributed by atoms with Crippen LogP contribution in [0.25, 0.3) is 11.1 Å².